The van der Waals surface area contributed by atoms with E-state index in [1.54, 1.807) is 0 Å². The first-order valence-electron chi connectivity index (χ1n) is 4.79. The summed E-state index contributed by atoms with van der Waals surface area (Å²) in [7, 11) is 0. The van der Waals surface area contributed by atoms with E-state index in [0.717, 1.165) is 11.8 Å². The molecule has 1 atom stereocenters. The lowest BCUT2D eigenvalue weighted by molar-refractivity contribution is 0.395. The van der Waals surface area contributed by atoms with Crippen LogP contribution in [0.1, 0.15) is 47.5 Å². The Hall–Kier alpha value is -0.260. The fourth-order valence-electron chi connectivity index (χ4n) is 0.714. The molecule has 0 fully saturated rings. The minimum atomic E-state index is 0.824. The summed E-state index contributed by atoms with van der Waals surface area (Å²) in [4.78, 5) is 0. The van der Waals surface area contributed by atoms with Crippen LogP contribution < -0.4 is 0 Å². The highest BCUT2D eigenvalue weighted by molar-refractivity contribution is 4.69. The first-order valence-corrected chi connectivity index (χ1v) is 4.79. The van der Waals surface area contributed by atoms with Crippen LogP contribution in [0.2, 0.25) is 0 Å². The van der Waals surface area contributed by atoms with Gasteiger partial charge in [-0.2, -0.15) is 0 Å². The van der Waals surface area contributed by atoms with Gasteiger partial charge in [-0.25, -0.2) is 0 Å². The predicted molar refractivity (Wildman–Crippen MR) is 54.8 cm³/mol. The van der Waals surface area contributed by atoms with Crippen molar-refractivity contribution in [2.45, 2.75) is 47.5 Å². The van der Waals surface area contributed by atoms with Crippen molar-refractivity contribution in [3.63, 3.8) is 0 Å². The van der Waals surface area contributed by atoms with Crippen LogP contribution in [0.25, 0.3) is 0 Å². The normalized spacial score (nSPS) is 11.8. The molecule has 0 aliphatic carbocycles. The van der Waals surface area contributed by atoms with Gasteiger partial charge in [0.2, 0.25) is 0 Å². The van der Waals surface area contributed by atoms with E-state index < -0.39 is 0 Å². The Labute approximate surface area is 72.7 Å². The molecule has 0 bridgehead atoms. The summed E-state index contributed by atoms with van der Waals surface area (Å²) in [5.74, 6) is 1.67. The molecule has 0 aliphatic rings. The van der Waals surface area contributed by atoms with Gasteiger partial charge in [-0.1, -0.05) is 40.7 Å². The van der Waals surface area contributed by atoms with Gasteiger partial charge in [0, 0.05) is 0 Å². The molecule has 0 spiro atoms. The molecule has 0 N–H and O–H groups in total. The second-order valence-corrected chi connectivity index (χ2v) is 3.09. The van der Waals surface area contributed by atoms with E-state index in [9.17, 15) is 0 Å². The Balaban J connectivity index is 0. The van der Waals surface area contributed by atoms with E-state index in [0.29, 0.717) is 0 Å². The quantitative estimate of drug-likeness (QED) is 0.533. The van der Waals surface area contributed by atoms with Crippen LogP contribution in [0.5, 0.6) is 0 Å². The first kappa shape index (κ1) is 13.3. The molecule has 68 valence electrons. The lowest BCUT2D eigenvalue weighted by atomic mass is 9.93. The van der Waals surface area contributed by atoms with Gasteiger partial charge in [0.25, 0.3) is 0 Å². The molecule has 0 radical (unpaired) electrons. The number of hydrogen-bond donors (Lipinski definition) is 0. The molecule has 0 amide bonds. The van der Waals surface area contributed by atoms with Crippen LogP contribution in [-0.2, 0) is 0 Å². The molecule has 0 saturated carbocycles. The van der Waals surface area contributed by atoms with E-state index >= 15 is 0 Å². The van der Waals surface area contributed by atoms with Gasteiger partial charge in [0.1, 0.15) is 0 Å². The van der Waals surface area contributed by atoms with Crippen LogP contribution >= 0.6 is 0 Å². The Morgan fingerprint density at radius 1 is 1.18 bits per heavy atom. The van der Waals surface area contributed by atoms with Crippen molar-refractivity contribution in [2.75, 3.05) is 0 Å². The molecule has 1 unspecified atom stereocenters. The summed E-state index contributed by atoms with van der Waals surface area (Å²) >= 11 is 0. The summed E-state index contributed by atoms with van der Waals surface area (Å²) < 4.78 is 0. The zero-order chi connectivity index (χ0) is 9.28. The van der Waals surface area contributed by atoms with Gasteiger partial charge in [0.15, 0.2) is 0 Å². The van der Waals surface area contributed by atoms with Gasteiger partial charge in [-0.15, -0.1) is 6.58 Å². The maximum absolute atomic E-state index is 3.69. The Morgan fingerprint density at radius 3 is 1.91 bits per heavy atom. The summed E-state index contributed by atoms with van der Waals surface area (Å²) in [6.07, 6.45) is 4.46. The Bertz CT molecular complexity index is 72.1. The SMILES string of the molecule is C=CCCC(C)C(C)C.CC. The van der Waals surface area contributed by atoms with Crippen LogP contribution in [0.4, 0.5) is 0 Å². The minimum Gasteiger partial charge on any atom is -0.103 e. The monoisotopic (exact) mass is 156 g/mol. The summed E-state index contributed by atoms with van der Waals surface area (Å²) in [6.45, 7) is 14.5. The molecule has 0 heterocycles. The average molecular weight is 156 g/mol. The summed E-state index contributed by atoms with van der Waals surface area (Å²) in [5, 5.41) is 0. The molecular formula is C11H24. The third-order valence-electron chi connectivity index (χ3n) is 1.96. The number of rotatable bonds is 4. The standard InChI is InChI=1S/C9H18.C2H6/c1-5-6-7-9(4)8(2)3;1-2/h5,8-9H,1,6-7H2,2-4H3;1-2H3. The summed E-state index contributed by atoms with van der Waals surface area (Å²) in [5.41, 5.74) is 0. The van der Waals surface area contributed by atoms with Gasteiger partial charge in [-0.05, 0) is 24.7 Å². The molecule has 0 heteroatoms. The molecular weight excluding hydrogens is 132 g/mol. The maximum Gasteiger partial charge on any atom is -0.0351 e. The van der Waals surface area contributed by atoms with Crippen molar-refractivity contribution in [2.24, 2.45) is 11.8 Å². The predicted octanol–water partition coefficient (Wildman–Crippen LogP) is 4.27. The van der Waals surface area contributed by atoms with Crippen molar-refractivity contribution in [3.8, 4) is 0 Å². The lowest BCUT2D eigenvalue weighted by Crippen LogP contribution is -2.02. The van der Waals surface area contributed by atoms with E-state index in [2.05, 4.69) is 27.4 Å². The molecule has 11 heavy (non-hydrogen) atoms. The van der Waals surface area contributed by atoms with Crippen LogP contribution in [0.15, 0.2) is 12.7 Å². The zero-order valence-electron chi connectivity index (χ0n) is 8.85. The third kappa shape index (κ3) is 9.74. The Morgan fingerprint density at radius 2 is 1.64 bits per heavy atom. The third-order valence-corrected chi connectivity index (χ3v) is 1.96. The largest absolute Gasteiger partial charge is 0.103 e. The second kappa shape index (κ2) is 9.74. The van der Waals surface area contributed by atoms with Crippen molar-refractivity contribution in [1.82, 2.24) is 0 Å². The van der Waals surface area contributed by atoms with Gasteiger partial charge in [0.05, 0.1) is 0 Å². The van der Waals surface area contributed by atoms with Crippen molar-refractivity contribution >= 4 is 0 Å². The highest BCUT2D eigenvalue weighted by Gasteiger charge is 2.03. The molecule has 0 rings (SSSR count). The molecule has 0 aliphatic heterocycles. The van der Waals surface area contributed by atoms with Crippen molar-refractivity contribution in [3.05, 3.63) is 12.7 Å². The summed E-state index contributed by atoms with van der Waals surface area (Å²) in [6, 6.07) is 0. The van der Waals surface area contributed by atoms with E-state index in [1.165, 1.54) is 12.8 Å². The van der Waals surface area contributed by atoms with Gasteiger partial charge in [-0.3, -0.25) is 0 Å². The lowest BCUT2D eigenvalue weighted by Gasteiger charge is -2.13. The number of hydrogen-bond acceptors (Lipinski definition) is 0. The smallest absolute Gasteiger partial charge is 0.0351 e. The van der Waals surface area contributed by atoms with Crippen LogP contribution in [-0.4, -0.2) is 0 Å². The fraction of sp³-hybridized carbons (Fsp3) is 0.818. The number of allylic oxidation sites excluding steroid dienone is 1. The maximum atomic E-state index is 3.69. The van der Waals surface area contributed by atoms with Gasteiger partial charge < -0.3 is 0 Å². The van der Waals surface area contributed by atoms with Crippen LogP contribution in [0.3, 0.4) is 0 Å². The Kier molecular flexibility index (Phi) is 11.8. The van der Waals surface area contributed by atoms with Gasteiger partial charge >= 0.3 is 0 Å². The highest BCUT2D eigenvalue weighted by atomic mass is 14.1. The van der Waals surface area contributed by atoms with E-state index in [1.807, 2.05) is 19.9 Å². The topological polar surface area (TPSA) is 0 Å². The molecule has 0 aromatic heterocycles. The van der Waals surface area contributed by atoms with E-state index in [4.69, 9.17) is 0 Å². The van der Waals surface area contributed by atoms with E-state index in [-0.39, 0.29) is 0 Å². The minimum absolute atomic E-state index is 0.824. The fourth-order valence-corrected chi connectivity index (χ4v) is 0.714. The molecule has 0 nitrogen and oxygen atoms in total. The van der Waals surface area contributed by atoms with Crippen molar-refractivity contribution < 1.29 is 0 Å². The zero-order valence-corrected chi connectivity index (χ0v) is 8.85. The second-order valence-electron chi connectivity index (χ2n) is 3.09. The molecule has 0 saturated heterocycles. The van der Waals surface area contributed by atoms with Crippen molar-refractivity contribution in [1.29, 1.82) is 0 Å². The van der Waals surface area contributed by atoms with Crippen LogP contribution in [0, 0.1) is 11.8 Å². The molecule has 0 aromatic rings. The molecule has 0 aromatic carbocycles. The first-order chi connectivity index (χ1) is 5.18. The highest BCUT2D eigenvalue weighted by Crippen LogP contribution is 2.15. The average Bonchev–Trinajstić information content (AvgIpc) is 2.03.